The Hall–Kier alpha value is -0.610. The molecule has 0 bridgehead atoms. The van der Waals surface area contributed by atoms with Gasteiger partial charge in [0.2, 0.25) is 0 Å². The Bertz CT molecular complexity index is 346. The number of hydrogen-bond donors (Lipinski definition) is 1. The summed E-state index contributed by atoms with van der Waals surface area (Å²) < 4.78 is 0. The number of piperidine rings is 1. The second kappa shape index (κ2) is 6.02. The predicted molar refractivity (Wildman–Crippen MR) is 80.4 cm³/mol. The Balaban J connectivity index is 1.91. The van der Waals surface area contributed by atoms with Crippen LogP contribution in [0.5, 0.6) is 0 Å². The Morgan fingerprint density at radius 2 is 1.60 bits per heavy atom. The Labute approximate surface area is 123 Å². The molecule has 1 spiro atoms. The van der Waals surface area contributed by atoms with Crippen molar-refractivity contribution in [1.29, 1.82) is 0 Å². The number of aliphatic hydroxyl groups is 1. The van der Waals surface area contributed by atoms with Gasteiger partial charge in [-0.05, 0) is 57.5 Å². The van der Waals surface area contributed by atoms with Crippen LogP contribution in [0.2, 0.25) is 0 Å². The van der Waals surface area contributed by atoms with Crippen LogP contribution in [0.15, 0.2) is 0 Å². The summed E-state index contributed by atoms with van der Waals surface area (Å²) in [6, 6.07) is 0.620. The van der Waals surface area contributed by atoms with E-state index >= 15 is 0 Å². The van der Waals surface area contributed by atoms with E-state index in [1.807, 2.05) is 18.7 Å². The summed E-state index contributed by atoms with van der Waals surface area (Å²) in [6.07, 6.45) is 2.65. The van der Waals surface area contributed by atoms with Gasteiger partial charge in [0.05, 0.1) is 0 Å². The maximum Gasteiger partial charge on any atom is 0.251 e. The fourth-order valence-corrected chi connectivity index (χ4v) is 3.52. The van der Waals surface area contributed by atoms with E-state index in [1.54, 1.807) is 0 Å². The standard InChI is InChI=1S/C16H30N2O2/c1-12(2)14(19)15(20)18-10-7-16(11-18)5-8-17(9-6-16)13(3)4/h12-14,19H,5-11H2,1-4H3. The zero-order chi connectivity index (χ0) is 14.9. The molecule has 1 amide bonds. The smallest absolute Gasteiger partial charge is 0.251 e. The van der Waals surface area contributed by atoms with E-state index in [0.717, 1.165) is 32.6 Å². The van der Waals surface area contributed by atoms with Crippen LogP contribution in [0.25, 0.3) is 0 Å². The molecule has 0 saturated carbocycles. The van der Waals surface area contributed by atoms with Crippen molar-refractivity contribution >= 4 is 5.91 Å². The summed E-state index contributed by atoms with van der Waals surface area (Å²) in [5, 5.41) is 9.96. The van der Waals surface area contributed by atoms with Crippen molar-refractivity contribution in [3.8, 4) is 0 Å². The maximum atomic E-state index is 12.3. The molecule has 2 aliphatic rings. The SMILES string of the molecule is CC(C)C(O)C(=O)N1CCC2(CCN(C(C)C)CC2)C1. The van der Waals surface area contributed by atoms with Crippen LogP contribution in [0.3, 0.4) is 0 Å². The number of carbonyl (C=O) groups is 1. The van der Waals surface area contributed by atoms with Crippen molar-refractivity contribution in [1.82, 2.24) is 9.80 Å². The fourth-order valence-electron chi connectivity index (χ4n) is 3.52. The lowest BCUT2D eigenvalue weighted by atomic mass is 9.77. The molecule has 116 valence electrons. The molecule has 20 heavy (non-hydrogen) atoms. The first-order chi connectivity index (χ1) is 9.34. The summed E-state index contributed by atoms with van der Waals surface area (Å²) in [5.41, 5.74) is 0.317. The van der Waals surface area contributed by atoms with Crippen LogP contribution in [-0.2, 0) is 4.79 Å². The number of hydrogen-bond acceptors (Lipinski definition) is 3. The topological polar surface area (TPSA) is 43.8 Å². The van der Waals surface area contributed by atoms with Gasteiger partial charge in [0.1, 0.15) is 6.10 Å². The Morgan fingerprint density at radius 1 is 1.05 bits per heavy atom. The van der Waals surface area contributed by atoms with Crippen LogP contribution >= 0.6 is 0 Å². The third-order valence-electron chi connectivity index (χ3n) is 5.22. The van der Waals surface area contributed by atoms with Gasteiger partial charge in [0.25, 0.3) is 5.91 Å². The number of rotatable bonds is 3. The average molecular weight is 282 g/mol. The van der Waals surface area contributed by atoms with Crippen LogP contribution in [0.4, 0.5) is 0 Å². The summed E-state index contributed by atoms with van der Waals surface area (Å²) >= 11 is 0. The van der Waals surface area contributed by atoms with Gasteiger partial charge >= 0.3 is 0 Å². The molecule has 1 unspecified atom stereocenters. The first-order valence-corrected chi connectivity index (χ1v) is 8.05. The van der Waals surface area contributed by atoms with Crippen LogP contribution in [0, 0.1) is 11.3 Å². The zero-order valence-electron chi connectivity index (χ0n) is 13.4. The van der Waals surface area contributed by atoms with Crippen molar-refractivity contribution < 1.29 is 9.90 Å². The number of amides is 1. The molecule has 1 atom stereocenters. The highest BCUT2D eigenvalue weighted by Crippen LogP contribution is 2.41. The van der Waals surface area contributed by atoms with E-state index in [9.17, 15) is 9.90 Å². The van der Waals surface area contributed by atoms with Crippen molar-refractivity contribution in [2.24, 2.45) is 11.3 Å². The molecular formula is C16H30N2O2. The fraction of sp³-hybridized carbons (Fsp3) is 0.938. The van der Waals surface area contributed by atoms with E-state index in [1.165, 1.54) is 12.8 Å². The first-order valence-electron chi connectivity index (χ1n) is 8.05. The largest absolute Gasteiger partial charge is 0.383 e. The molecule has 4 heteroatoms. The summed E-state index contributed by atoms with van der Waals surface area (Å²) in [5.74, 6) is -0.0648. The molecule has 1 N–H and O–H groups in total. The molecular weight excluding hydrogens is 252 g/mol. The molecule has 2 fully saturated rings. The van der Waals surface area contributed by atoms with Crippen molar-refractivity contribution in [2.45, 2.75) is 59.1 Å². The summed E-state index contributed by atoms with van der Waals surface area (Å²) in [7, 11) is 0. The van der Waals surface area contributed by atoms with Gasteiger partial charge in [0, 0.05) is 19.1 Å². The number of carbonyl (C=O) groups excluding carboxylic acids is 1. The lowest BCUT2D eigenvalue weighted by Crippen LogP contribution is -2.46. The van der Waals surface area contributed by atoms with E-state index < -0.39 is 6.10 Å². The number of aliphatic hydroxyl groups excluding tert-OH is 1. The summed E-state index contributed by atoms with van der Waals surface area (Å²) in [6.45, 7) is 12.3. The lowest BCUT2D eigenvalue weighted by Gasteiger charge is -2.41. The highest BCUT2D eigenvalue weighted by molar-refractivity contribution is 5.81. The van der Waals surface area contributed by atoms with E-state index in [0.29, 0.717) is 11.5 Å². The van der Waals surface area contributed by atoms with E-state index in [-0.39, 0.29) is 11.8 Å². The van der Waals surface area contributed by atoms with Crippen molar-refractivity contribution in [2.75, 3.05) is 26.2 Å². The van der Waals surface area contributed by atoms with Gasteiger partial charge in [-0.2, -0.15) is 0 Å². The minimum atomic E-state index is -0.832. The molecule has 2 saturated heterocycles. The minimum Gasteiger partial charge on any atom is -0.383 e. The zero-order valence-corrected chi connectivity index (χ0v) is 13.4. The van der Waals surface area contributed by atoms with Crippen LogP contribution < -0.4 is 0 Å². The van der Waals surface area contributed by atoms with E-state index in [4.69, 9.17) is 0 Å². The first kappa shape index (κ1) is 15.8. The molecule has 0 aromatic carbocycles. The predicted octanol–water partition coefficient (Wildman–Crippen LogP) is 1.73. The third kappa shape index (κ3) is 3.17. The van der Waals surface area contributed by atoms with Gasteiger partial charge in [-0.3, -0.25) is 4.79 Å². The monoisotopic (exact) mass is 282 g/mol. The molecule has 2 heterocycles. The second-order valence-electron chi connectivity index (χ2n) is 7.33. The Kier molecular flexibility index (Phi) is 4.75. The van der Waals surface area contributed by atoms with Gasteiger partial charge in [-0.15, -0.1) is 0 Å². The summed E-state index contributed by atoms with van der Waals surface area (Å²) in [4.78, 5) is 16.7. The maximum absolute atomic E-state index is 12.3. The van der Waals surface area contributed by atoms with Crippen LogP contribution in [0.1, 0.15) is 47.0 Å². The molecule has 0 aromatic heterocycles. The quantitative estimate of drug-likeness (QED) is 0.857. The number of nitrogens with zero attached hydrogens (tertiary/aromatic N) is 2. The highest BCUT2D eigenvalue weighted by atomic mass is 16.3. The molecule has 2 rings (SSSR count). The van der Waals surface area contributed by atoms with Crippen molar-refractivity contribution in [3.05, 3.63) is 0 Å². The molecule has 0 radical (unpaired) electrons. The average Bonchev–Trinajstić information content (AvgIpc) is 2.81. The van der Waals surface area contributed by atoms with Gasteiger partial charge in [0.15, 0.2) is 0 Å². The van der Waals surface area contributed by atoms with Crippen LogP contribution in [-0.4, -0.2) is 59.1 Å². The van der Waals surface area contributed by atoms with E-state index in [2.05, 4.69) is 18.7 Å². The van der Waals surface area contributed by atoms with Gasteiger partial charge in [-0.25, -0.2) is 0 Å². The Morgan fingerprint density at radius 3 is 2.10 bits per heavy atom. The lowest BCUT2D eigenvalue weighted by molar-refractivity contribution is -0.141. The van der Waals surface area contributed by atoms with Gasteiger partial charge < -0.3 is 14.9 Å². The molecule has 2 aliphatic heterocycles. The van der Waals surface area contributed by atoms with Crippen molar-refractivity contribution in [3.63, 3.8) is 0 Å². The normalized spacial score (nSPS) is 24.9. The molecule has 4 nitrogen and oxygen atoms in total. The third-order valence-corrected chi connectivity index (χ3v) is 5.22. The molecule has 0 aliphatic carbocycles. The van der Waals surface area contributed by atoms with Gasteiger partial charge in [-0.1, -0.05) is 13.8 Å². The minimum absolute atomic E-state index is 0.00170. The highest BCUT2D eigenvalue weighted by Gasteiger charge is 2.43. The number of likely N-dealkylation sites (tertiary alicyclic amines) is 2. The molecule has 0 aromatic rings. The second-order valence-corrected chi connectivity index (χ2v) is 7.33.